The summed E-state index contributed by atoms with van der Waals surface area (Å²) in [6.07, 6.45) is 0. The third-order valence-corrected chi connectivity index (χ3v) is 4.97. The van der Waals surface area contributed by atoms with Crippen LogP contribution in [0.5, 0.6) is 0 Å². The van der Waals surface area contributed by atoms with Crippen LogP contribution < -0.4 is 0 Å². The fourth-order valence-electron chi connectivity index (χ4n) is 0.948. The summed E-state index contributed by atoms with van der Waals surface area (Å²) in [5, 5.41) is 0. The lowest BCUT2D eigenvalue weighted by atomic mass is 10.5. The molecule has 0 heterocycles. The third-order valence-electron chi connectivity index (χ3n) is 1.91. The zero-order chi connectivity index (χ0) is 11.9. The summed E-state index contributed by atoms with van der Waals surface area (Å²) < 4.78 is 20.5. The molecule has 0 fully saturated rings. The molecule has 0 aliphatic carbocycles. The highest BCUT2D eigenvalue weighted by Gasteiger charge is 2.37. The van der Waals surface area contributed by atoms with E-state index in [0.29, 0.717) is 6.04 Å². The first-order chi connectivity index (χ1) is 7.01. The molecule has 0 bridgehead atoms. The van der Waals surface area contributed by atoms with Gasteiger partial charge in [0.1, 0.15) is 4.83 Å². The summed E-state index contributed by atoms with van der Waals surface area (Å²) in [5.41, 5.74) is 0. The molecule has 0 N–H and O–H groups in total. The average Bonchev–Trinajstić information content (AvgIpc) is 2.24. The molecule has 0 aromatic heterocycles. The standard InChI is InChI=1S/C8H17BrO5Si/c1-7(9)8(10)14-5-6-15(11-2,12-3)13-4/h7H,5-6H2,1-4H3. The molecule has 0 rings (SSSR count). The van der Waals surface area contributed by atoms with Gasteiger partial charge < -0.3 is 18.0 Å². The Kier molecular flexibility index (Phi) is 7.36. The van der Waals surface area contributed by atoms with E-state index in [1.807, 2.05) is 0 Å². The largest absolute Gasteiger partial charge is 0.503 e. The maximum absolute atomic E-state index is 11.1. The molecule has 5 nitrogen and oxygen atoms in total. The molecule has 90 valence electrons. The predicted molar refractivity (Wildman–Crippen MR) is 60.9 cm³/mol. The number of ether oxygens (including phenoxy) is 1. The lowest BCUT2D eigenvalue weighted by molar-refractivity contribution is -0.142. The van der Waals surface area contributed by atoms with E-state index in [9.17, 15) is 4.79 Å². The first-order valence-corrected chi connectivity index (χ1v) is 7.32. The van der Waals surface area contributed by atoms with Crippen molar-refractivity contribution in [3.8, 4) is 0 Å². The Hall–Kier alpha value is 0.0469. The van der Waals surface area contributed by atoms with Crippen molar-refractivity contribution in [2.24, 2.45) is 0 Å². The number of carbonyl (C=O) groups is 1. The van der Waals surface area contributed by atoms with Crippen molar-refractivity contribution in [2.75, 3.05) is 27.9 Å². The summed E-state index contributed by atoms with van der Waals surface area (Å²) in [6.45, 7) is 1.94. The van der Waals surface area contributed by atoms with E-state index in [0.717, 1.165) is 0 Å². The Labute approximate surface area is 99.5 Å². The monoisotopic (exact) mass is 300 g/mol. The Morgan fingerprint density at radius 3 is 2.07 bits per heavy atom. The molecule has 0 saturated carbocycles. The molecular formula is C8H17BrO5Si. The maximum Gasteiger partial charge on any atom is 0.503 e. The van der Waals surface area contributed by atoms with E-state index >= 15 is 0 Å². The minimum absolute atomic E-state index is 0.233. The number of halogens is 1. The number of rotatable bonds is 7. The van der Waals surface area contributed by atoms with Crippen LogP contribution in [-0.2, 0) is 22.8 Å². The van der Waals surface area contributed by atoms with E-state index in [1.165, 1.54) is 21.3 Å². The molecule has 1 atom stereocenters. The molecule has 0 amide bonds. The normalized spacial score (nSPS) is 13.7. The van der Waals surface area contributed by atoms with Crippen LogP contribution >= 0.6 is 15.9 Å². The highest BCUT2D eigenvalue weighted by atomic mass is 79.9. The van der Waals surface area contributed by atoms with Gasteiger partial charge in [0.2, 0.25) is 0 Å². The fourth-order valence-corrected chi connectivity index (χ4v) is 2.54. The topological polar surface area (TPSA) is 54.0 Å². The van der Waals surface area contributed by atoms with Crippen molar-refractivity contribution >= 4 is 30.7 Å². The zero-order valence-corrected chi connectivity index (χ0v) is 12.0. The van der Waals surface area contributed by atoms with Crippen molar-refractivity contribution in [3.05, 3.63) is 0 Å². The Morgan fingerprint density at radius 1 is 1.27 bits per heavy atom. The van der Waals surface area contributed by atoms with Crippen LogP contribution in [0.25, 0.3) is 0 Å². The highest BCUT2D eigenvalue weighted by Crippen LogP contribution is 2.12. The van der Waals surface area contributed by atoms with Crippen LogP contribution in [0.3, 0.4) is 0 Å². The van der Waals surface area contributed by atoms with Crippen molar-refractivity contribution in [2.45, 2.75) is 17.8 Å². The quantitative estimate of drug-likeness (QED) is 0.402. The van der Waals surface area contributed by atoms with Gasteiger partial charge in [-0.2, -0.15) is 0 Å². The van der Waals surface area contributed by atoms with Crippen LogP contribution in [0.4, 0.5) is 0 Å². The minimum atomic E-state index is -2.61. The van der Waals surface area contributed by atoms with Gasteiger partial charge in [0.15, 0.2) is 0 Å². The molecule has 0 aliphatic heterocycles. The summed E-state index contributed by atoms with van der Waals surface area (Å²) in [5.74, 6) is -0.304. The smallest absolute Gasteiger partial charge is 0.465 e. The van der Waals surface area contributed by atoms with E-state index in [4.69, 9.17) is 18.0 Å². The summed E-state index contributed by atoms with van der Waals surface area (Å²) in [6, 6.07) is 0.446. The number of alkyl halides is 1. The lowest BCUT2D eigenvalue weighted by Gasteiger charge is -2.24. The van der Waals surface area contributed by atoms with Crippen LogP contribution in [0.2, 0.25) is 6.04 Å². The molecule has 0 saturated heterocycles. The Balaban J connectivity index is 3.96. The van der Waals surface area contributed by atoms with Gasteiger partial charge in [0.25, 0.3) is 0 Å². The predicted octanol–water partition coefficient (Wildman–Crippen LogP) is 1.19. The SMILES string of the molecule is CO[Si](CCOC(=O)C(C)Br)(OC)OC. The second-order valence-electron chi connectivity index (χ2n) is 2.83. The number of esters is 1. The van der Waals surface area contributed by atoms with Gasteiger partial charge in [-0.25, -0.2) is 0 Å². The highest BCUT2D eigenvalue weighted by molar-refractivity contribution is 9.10. The number of carbonyl (C=O) groups excluding carboxylic acids is 1. The lowest BCUT2D eigenvalue weighted by Crippen LogP contribution is -2.44. The molecule has 0 aromatic rings. The maximum atomic E-state index is 11.1. The molecule has 7 heteroatoms. The molecule has 1 unspecified atom stereocenters. The van der Waals surface area contributed by atoms with Crippen molar-refractivity contribution in [1.82, 2.24) is 0 Å². The second kappa shape index (κ2) is 7.34. The zero-order valence-electron chi connectivity index (χ0n) is 9.41. The summed E-state index contributed by atoms with van der Waals surface area (Å²) >= 11 is 3.11. The Bertz CT molecular complexity index is 187. The van der Waals surface area contributed by atoms with Crippen molar-refractivity contribution in [1.29, 1.82) is 0 Å². The molecule has 0 aliphatic rings. The molecule has 15 heavy (non-hydrogen) atoms. The van der Waals surface area contributed by atoms with Gasteiger partial charge in [0.05, 0.1) is 12.7 Å². The Morgan fingerprint density at radius 2 is 1.73 bits per heavy atom. The van der Waals surface area contributed by atoms with E-state index in [2.05, 4.69) is 15.9 Å². The van der Waals surface area contributed by atoms with E-state index < -0.39 is 8.80 Å². The summed E-state index contributed by atoms with van der Waals surface area (Å²) in [4.78, 5) is 10.8. The van der Waals surface area contributed by atoms with Gasteiger partial charge in [-0.15, -0.1) is 0 Å². The van der Waals surface area contributed by atoms with Crippen molar-refractivity contribution in [3.63, 3.8) is 0 Å². The second-order valence-corrected chi connectivity index (χ2v) is 7.29. The number of hydrogen-bond acceptors (Lipinski definition) is 5. The van der Waals surface area contributed by atoms with Gasteiger partial charge in [0, 0.05) is 21.3 Å². The van der Waals surface area contributed by atoms with Crippen LogP contribution in [0, 0.1) is 0 Å². The van der Waals surface area contributed by atoms with E-state index in [1.54, 1.807) is 6.92 Å². The van der Waals surface area contributed by atoms with Gasteiger partial charge in [-0.1, -0.05) is 15.9 Å². The van der Waals surface area contributed by atoms with Crippen LogP contribution in [0.1, 0.15) is 6.92 Å². The van der Waals surface area contributed by atoms with E-state index in [-0.39, 0.29) is 17.4 Å². The van der Waals surface area contributed by atoms with Crippen LogP contribution in [0.15, 0.2) is 0 Å². The van der Waals surface area contributed by atoms with Gasteiger partial charge >= 0.3 is 14.8 Å². The van der Waals surface area contributed by atoms with Gasteiger partial charge in [-0.05, 0) is 6.92 Å². The van der Waals surface area contributed by atoms with Crippen molar-refractivity contribution < 1.29 is 22.8 Å². The first-order valence-electron chi connectivity index (χ1n) is 4.47. The molecule has 0 aromatic carbocycles. The van der Waals surface area contributed by atoms with Crippen LogP contribution in [-0.4, -0.2) is 47.5 Å². The molecular weight excluding hydrogens is 284 g/mol. The average molecular weight is 301 g/mol. The molecule has 0 radical (unpaired) electrons. The fraction of sp³-hybridized carbons (Fsp3) is 0.875. The summed E-state index contributed by atoms with van der Waals surface area (Å²) in [7, 11) is 1.95. The minimum Gasteiger partial charge on any atom is -0.465 e. The van der Waals surface area contributed by atoms with Gasteiger partial charge in [-0.3, -0.25) is 4.79 Å². The third kappa shape index (κ3) is 5.07. The first kappa shape index (κ1) is 15.0. The molecule has 0 spiro atoms. The number of hydrogen-bond donors (Lipinski definition) is 0.